The molecule has 0 radical (unpaired) electrons. The average molecular weight is 404 g/mol. The number of rotatable bonds is 8. The number of nitrogens with one attached hydrogen (secondary N) is 1. The van der Waals surface area contributed by atoms with Crippen molar-refractivity contribution in [3.8, 4) is 17.4 Å². The minimum atomic E-state index is -0.688. The summed E-state index contributed by atoms with van der Waals surface area (Å²) in [5.41, 5.74) is 6.52. The molecular formula is C17H23Cl2N3O4. The fourth-order valence-electron chi connectivity index (χ4n) is 1.96. The zero-order valence-electron chi connectivity index (χ0n) is 14.5. The largest absolute Gasteiger partial charge is 0.497 e. The van der Waals surface area contributed by atoms with Crippen molar-refractivity contribution in [3.05, 3.63) is 48.2 Å². The highest BCUT2D eigenvalue weighted by Crippen LogP contribution is 2.22. The first-order valence-electron chi connectivity index (χ1n) is 7.41. The molecular weight excluding hydrogens is 381 g/mol. The van der Waals surface area contributed by atoms with Crippen molar-refractivity contribution >= 4 is 30.7 Å². The van der Waals surface area contributed by atoms with Crippen molar-refractivity contribution in [2.45, 2.75) is 12.6 Å². The van der Waals surface area contributed by atoms with Crippen LogP contribution in [0, 0.1) is 0 Å². The highest BCUT2D eigenvalue weighted by Gasteiger charge is 2.12. The monoisotopic (exact) mass is 403 g/mol. The lowest BCUT2D eigenvalue weighted by Crippen LogP contribution is -2.43. The zero-order valence-corrected chi connectivity index (χ0v) is 16.1. The lowest BCUT2D eigenvalue weighted by molar-refractivity contribution is -0.123. The third-order valence-corrected chi connectivity index (χ3v) is 3.23. The van der Waals surface area contributed by atoms with E-state index in [2.05, 4.69) is 10.3 Å². The lowest BCUT2D eigenvalue weighted by atomic mass is 10.2. The molecule has 0 aliphatic carbocycles. The van der Waals surface area contributed by atoms with Crippen molar-refractivity contribution in [1.29, 1.82) is 0 Å². The van der Waals surface area contributed by atoms with E-state index in [4.69, 9.17) is 19.9 Å². The maximum atomic E-state index is 11.8. The Labute approximate surface area is 165 Å². The number of hydrogen-bond acceptors (Lipinski definition) is 6. The van der Waals surface area contributed by atoms with Gasteiger partial charge in [-0.05, 0) is 35.9 Å². The van der Waals surface area contributed by atoms with Gasteiger partial charge in [-0.3, -0.25) is 4.79 Å². The van der Waals surface area contributed by atoms with E-state index in [-0.39, 0.29) is 37.3 Å². The number of ether oxygens (including phenoxy) is 3. The van der Waals surface area contributed by atoms with Gasteiger partial charge in [0.25, 0.3) is 0 Å². The molecule has 1 aromatic heterocycles. The summed E-state index contributed by atoms with van der Waals surface area (Å²) in [6.07, 6.45) is 1.62. The molecule has 0 fully saturated rings. The smallest absolute Gasteiger partial charge is 0.239 e. The van der Waals surface area contributed by atoms with Gasteiger partial charge in [-0.1, -0.05) is 0 Å². The van der Waals surface area contributed by atoms with Gasteiger partial charge in [0.15, 0.2) is 0 Å². The molecule has 9 heteroatoms. The third kappa shape index (κ3) is 7.45. The number of pyridine rings is 1. The molecule has 0 aliphatic heterocycles. The lowest BCUT2D eigenvalue weighted by Gasteiger charge is -2.12. The Morgan fingerprint density at radius 1 is 1.15 bits per heavy atom. The van der Waals surface area contributed by atoms with Crippen LogP contribution in [-0.2, 0) is 16.1 Å². The second-order valence-corrected chi connectivity index (χ2v) is 5.06. The van der Waals surface area contributed by atoms with E-state index < -0.39 is 6.04 Å². The van der Waals surface area contributed by atoms with E-state index in [1.54, 1.807) is 49.7 Å². The van der Waals surface area contributed by atoms with Gasteiger partial charge in [0.2, 0.25) is 11.8 Å². The Morgan fingerprint density at radius 3 is 2.42 bits per heavy atom. The molecule has 0 saturated carbocycles. The number of nitrogens with two attached hydrogens (primary N) is 1. The molecule has 2 aromatic rings. The number of halogens is 2. The standard InChI is InChI=1S/C17H21N3O4.2ClH/c1-22-11-15(18)17(21)20-10-12-7-8-19-16(9-12)24-14-5-3-13(23-2)4-6-14;;/h3-9,15H,10-11,18H2,1-2H3,(H,20,21);2*1H. The normalized spacial score (nSPS) is 10.7. The molecule has 26 heavy (non-hydrogen) atoms. The van der Waals surface area contributed by atoms with Gasteiger partial charge in [0.05, 0.1) is 13.7 Å². The summed E-state index contributed by atoms with van der Waals surface area (Å²) >= 11 is 0. The highest BCUT2D eigenvalue weighted by molar-refractivity contribution is 5.85. The first-order chi connectivity index (χ1) is 11.6. The summed E-state index contributed by atoms with van der Waals surface area (Å²) in [6, 6.07) is 10.0. The van der Waals surface area contributed by atoms with Gasteiger partial charge in [0.1, 0.15) is 17.5 Å². The summed E-state index contributed by atoms with van der Waals surface area (Å²) in [6.45, 7) is 0.506. The average Bonchev–Trinajstić information content (AvgIpc) is 2.61. The second-order valence-electron chi connectivity index (χ2n) is 5.06. The predicted molar refractivity (Wildman–Crippen MR) is 103 cm³/mol. The van der Waals surface area contributed by atoms with Crippen molar-refractivity contribution < 1.29 is 19.0 Å². The molecule has 3 N–H and O–H groups in total. The Balaban J connectivity index is 0.00000312. The van der Waals surface area contributed by atoms with Crippen LogP contribution in [0.1, 0.15) is 5.56 Å². The van der Waals surface area contributed by atoms with Gasteiger partial charge in [-0.15, -0.1) is 24.8 Å². The molecule has 1 heterocycles. The molecule has 1 atom stereocenters. The summed E-state index contributed by atoms with van der Waals surface area (Å²) in [5.74, 6) is 1.56. The van der Waals surface area contributed by atoms with Crippen molar-refractivity contribution in [2.24, 2.45) is 5.73 Å². The van der Waals surface area contributed by atoms with E-state index >= 15 is 0 Å². The van der Waals surface area contributed by atoms with Crippen LogP contribution in [0.25, 0.3) is 0 Å². The van der Waals surface area contributed by atoms with Crippen LogP contribution in [0.15, 0.2) is 42.6 Å². The van der Waals surface area contributed by atoms with E-state index in [0.717, 1.165) is 11.3 Å². The van der Waals surface area contributed by atoms with Crippen LogP contribution in [0.2, 0.25) is 0 Å². The summed E-state index contributed by atoms with van der Waals surface area (Å²) in [4.78, 5) is 15.9. The van der Waals surface area contributed by atoms with Crippen LogP contribution in [-0.4, -0.2) is 37.8 Å². The van der Waals surface area contributed by atoms with Crippen molar-refractivity contribution in [1.82, 2.24) is 10.3 Å². The molecule has 0 aliphatic rings. The van der Waals surface area contributed by atoms with E-state index in [0.29, 0.717) is 18.2 Å². The van der Waals surface area contributed by atoms with Crippen LogP contribution >= 0.6 is 24.8 Å². The predicted octanol–water partition coefficient (Wildman–Crippen LogP) is 2.32. The van der Waals surface area contributed by atoms with E-state index in [1.807, 2.05) is 0 Å². The zero-order chi connectivity index (χ0) is 17.4. The van der Waals surface area contributed by atoms with Gasteiger partial charge in [0, 0.05) is 25.9 Å². The topological polar surface area (TPSA) is 95.7 Å². The quantitative estimate of drug-likeness (QED) is 0.701. The van der Waals surface area contributed by atoms with Crippen molar-refractivity contribution in [2.75, 3.05) is 20.8 Å². The highest BCUT2D eigenvalue weighted by atomic mass is 35.5. The summed E-state index contributed by atoms with van der Waals surface area (Å²) < 4.78 is 15.6. The van der Waals surface area contributed by atoms with E-state index in [1.165, 1.54) is 7.11 Å². The molecule has 1 aromatic carbocycles. The summed E-state index contributed by atoms with van der Waals surface area (Å²) in [5, 5.41) is 2.75. The van der Waals surface area contributed by atoms with Gasteiger partial charge in [-0.25, -0.2) is 4.98 Å². The molecule has 0 spiro atoms. The van der Waals surface area contributed by atoms with E-state index in [9.17, 15) is 4.79 Å². The molecule has 144 valence electrons. The van der Waals surface area contributed by atoms with Crippen molar-refractivity contribution in [3.63, 3.8) is 0 Å². The SMILES string of the molecule is COCC(N)C(=O)NCc1ccnc(Oc2ccc(OC)cc2)c1.Cl.Cl. The van der Waals surface area contributed by atoms with Gasteiger partial charge in [-0.2, -0.15) is 0 Å². The second kappa shape index (κ2) is 12.3. The number of hydrogen-bond donors (Lipinski definition) is 2. The van der Waals surface area contributed by atoms with Crippen LogP contribution < -0.4 is 20.5 Å². The number of carbonyl (C=O) groups is 1. The number of nitrogens with zero attached hydrogens (tertiary/aromatic N) is 1. The summed E-state index contributed by atoms with van der Waals surface area (Å²) in [7, 11) is 3.10. The number of methoxy groups -OCH3 is 2. The fraction of sp³-hybridized carbons (Fsp3) is 0.294. The minimum Gasteiger partial charge on any atom is -0.497 e. The van der Waals surface area contributed by atoms with Crippen LogP contribution in [0.5, 0.6) is 17.4 Å². The number of benzene rings is 1. The minimum absolute atomic E-state index is 0. The fourth-order valence-corrected chi connectivity index (χ4v) is 1.96. The maximum absolute atomic E-state index is 11.8. The molecule has 1 amide bonds. The van der Waals surface area contributed by atoms with Crippen LogP contribution in [0.3, 0.4) is 0 Å². The van der Waals surface area contributed by atoms with Gasteiger partial charge >= 0.3 is 0 Å². The number of amides is 1. The number of aromatic nitrogens is 1. The molecule has 0 saturated heterocycles. The molecule has 7 nitrogen and oxygen atoms in total. The number of carbonyl (C=O) groups excluding carboxylic acids is 1. The van der Waals surface area contributed by atoms with Gasteiger partial charge < -0.3 is 25.3 Å². The Bertz CT molecular complexity index is 671. The Hall–Kier alpha value is -2.06. The Morgan fingerprint density at radius 2 is 1.81 bits per heavy atom. The Kier molecular flexibility index (Phi) is 11.3. The third-order valence-electron chi connectivity index (χ3n) is 3.23. The first kappa shape index (κ1) is 23.9. The molecule has 0 bridgehead atoms. The van der Waals surface area contributed by atoms with Crippen LogP contribution in [0.4, 0.5) is 0 Å². The maximum Gasteiger partial charge on any atom is 0.239 e. The molecule has 2 rings (SSSR count). The first-order valence-corrected chi connectivity index (χ1v) is 7.41. The molecule has 1 unspecified atom stereocenters.